The van der Waals surface area contributed by atoms with E-state index in [0.717, 1.165) is 38.1 Å². The maximum atomic E-state index is 11.8. The minimum absolute atomic E-state index is 0.0391. The average molecular weight is 320 g/mol. The van der Waals surface area contributed by atoms with Crippen molar-refractivity contribution in [1.82, 2.24) is 4.90 Å². The second kappa shape index (κ2) is 8.20. The molecule has 1 aromatic carbocycles. The molecule has 0 amide bonds. The van der Waals surface area contributed by atoms with Gasteiger partial charge in [0.15, 0.2) is 0 Å². The Balaban J connectivity index is 1.86. The van der Waals surface area contributed by atoms with Crippen LogP contribution in [0.4, 0.5) is 5.69 Å². The summed E-state index contributed by atoms with van der Waals surface area (Å²) >= 11 is 0. The molecule has 1 unspecified atom stereocenters. The zero-order valence-corrected chi connectivity index (χ0v) is 14.4. The van der Waals surface area contributed by atoms with E-state index in [4.69, 9.17) is 15.2 Å². The highest BCUT2D eigenvalue weighted by Gasteiger charge is 2.28. The lowest BCUT2D eigenvalue weighted by Crippen LogP contribution is -2.42. The molecule has 5 heteroatoms. The fraction of sp³-hybridized carbons (Fsp3) is 0.611. The van der Waals surface area contributed by atoms with Gasteiger partial charge in [-0.05, 0) is 63.9 Å². The van der Waals surface area contributed by atoms with Crippen LogP contribution < -0.4 is 10.5 Å². The summed E-state index contributed by atoms with van der Waals surface area (Å²) in [4.78, 5) is 14.2. The van der Waals surface area contributed by atoms with Crippen LogP contribution in [-0.4, -0.2) is 43.7 Å². The molecule has 23 heavy (non-hydrogen) atoms. The number of ether oxygens (including phenoxy) is 2. The van der Waals surface area contributed by atoms with Crippen LogP contribution >= 0.6 is 0 Å². The number of hydrogen-bond donors (Lipinski definition) is 1. The van der Waals surface area contributed by atoms with Gasteiger partial charge in [-0.3, -0.25) is 4.79 Å². The van der Waals surface area contributed by atoms with Crippen LogP contribution in [0.3, 0.4) is 0 Å². The Labute approximate surface area is 138 Å². The van der Waals surface area contributed by atoms with Gasteiger partial charge in [-0.2, -0.15) is 0 Å². The minimum atomic E-state index is -0.0391. The highest BCUT2D eigenvalue weighted by Crippen LogP contribution is 2.25. The Hall–Kier alpha value is -1.75. The Morgan fingerprint density at radius 2 is 2.09 bits per heavy atom. The van der Waals surface area contributed by atoms with E-state index in [9.17, 15) is 4.79 Å². The predicted molar refractivity (Wildman–Crippen MR) is 91.5 cm³/mol. The van der Waals surface area contributed by atoms with Gasteiger partial charge >= 0.3 is 5.97 Å². The highest BCUT2D eigenvalue weighted by molar-refractivity contribution is 5.72. The van der Waals surface area contributed by atoms with E-state index in [0.29, 0.717) is 18.3 Å². The summed E-state index contributed by atoms with van der Waals surface area (Å²) in [6.45, 7) is 6.43. The first-order valence-corrected chi connectivity index (χ1v) is 8.38. The van der Waals surface area contributed by atoms with Crippen molar-refractivity contribution in [2.24, 2.45) is 5.92 Å². The molecule has 1 fully saturated rings. The van der Waals surface area contributed by atoms with E-state index >= 15 is 0 Å². The van der Waals surface area contributed by atoms with Crippen molar-refractivity contribution < 1.29 is 14.3 Å². The van der Waals surface area contributed by atoms with Crippen LogP contribution in [0.15, 0.2) is 18.2 Å². The standard InChI is InChI=1S/C18H28N2O3/c1-4-23-18(21)15-7-9-20(10-8-15)13(2)11-14-5-6-17(22-3)16(19)12-14/h5-6,12-13,15H,4,7-11,19H2,1-3H3. The van der Waals surface area contributed by atoms with Gasteiger partial charge in [0.05, 0.1) is 25.3 Å². The van der Waals surface area contributed by atoms with Crippen molar-refractivity contribution in [2.75, 3.05) is 32.5 Å². The quantitative estimate of drug-likeness (QED) is 0.644. The molecule has 1 atom stereocenters. The molecule has 0 saturated carbocycles. The van der Waals surface area contributed by atoms with Crippen LogP contribution in [0.1, 0.15) is 32.3 Å². The summed E-state index contributed by atoms with van der Waals surface area (Å²) in [5.74, 6) is 0.745. The molecule has 1 heterocycles. The molecule has 1 saturated heterocycles. The monoisotopic (exact) mass is 320 g/mol. The molecule has 1 aliphatic heterocycles. The third-order valence-electron chi connectivity index (χ3n) is 4.60. The van der Waals surface area contributed by atoms with E-state index in [-0.39, 0.29) is 11.9 Å². The molecular weight excluding hydrogens is 292 g/mol. The van der Waals surface area contributed by atoms with Crippen LogP contribution in [0.2, 0.25) is 0 Å². The second-order valence-corrected chi connectivity index (χ2v) is 6.19. The van der Waals surface area contributed by atoms with Crippen molar-refractivity contribution in [1.29, 1.82) is 0 Å². The number of carbonyl (C=O) groups is 1. The molecule has 1 aliphatic rings. The third kappa shape index (κ3) is 4.61. The summed E-state index contributed by atoms with van der Waals surface area (Å²) in [5, 5.41) is 0. The SMILES string of the molecule is CCOC(=O)C1CCN(C(C)Cc2ccc(OC)c(N)c2)CC1. The number of anilines is 1. The van der Waals surface area contributed by atoms with Crippen molar-refractivity contribution in [3.05, 3.63) is 23.8 Å². The predicted octanol–water partition coefficient (Wildman–Crippen LogP) is 2.48. The zero-order chi connectivity index (χ0) is 16.8. The number of rotatable bonds is 6. The normalized spacial score (nSPS) is 17.7. The van der Waals surface area contributed by atoms with Crippen molar-refractivity contribution in [3.8, 4) is 5.75 Å². The summed E-state index contributed by atoms with van der Waals surface area (Å²) in [7, 11) is 1.63. The summed E-state index contributed by atoms with van der Waals surface area (Å²) in [5.41, 5.74) is 7.87. The molecule has 2 N–H and O–H groups in total. The minimum Gasteiger partial charge on any atom is -0.495 e. The van der Waals surface area contributed by atoms with E-state index in [1.807, 2.05) is 19.1 Å². The van der Waals surface area contributed by atoms with E-state index in [1.54, 1.807) is 7.11 Å². The molecule has 0 bridgehead atoms. The third-order valence-corrected chi connectivity index (χ3v) is 4.60. The van der Waals surface area contributed by atoms with Crippen molar-refractivity contribution in [3.63, 3.8) is 0 Å². The molecule has 0 radical (unpaired) electrons. The first-order valence-electron chi connectivity index (χ1n) is 8.38. The van der Waals surface area contributed by atoms with Gasteiger partial charge in [0.25, 0.3) is 0 Å². The zero-order valence-electron chi connectivity index (χ0n) is 14.4. The summed E-state index contributed by atoms with van der Waals surface area (Å²) < 4.78 is 10.3. The summed E-state index contributed by atoms with van der Waals surface area (Å²) in [6.07, 6.45) is 2.71. The maximum Gasteiger partial charge on any atom is 0.309 e. The number of methoxy groups -OCH3 is 1. The number of esters is 1. The molecule has 0 aromatic heterocycles. The fourth-order valence-electron chi connectivity index (χ4n) is 3.22. The molecule has 0 spiro atoms. The number of hydrogen-bond acceptors (Lipinski definition) is 5. The van der Waals surface area contributed by atoms with Gasteiger partial charge in [0.2, 0.25) is 0 Å². The number of piperidine rings is 1. The number of nitrogen functional groups attached to an aromatic ring is 1. The topological polar surface area (TPSA) is 64.8 Å². The first kappa shape index (κ1) is 17.6. The van der Waals surface area contributed by atoms with Crippen molar-refractivity contribution >= 4 is 11.7 Å². The molecule has 1 aromatic rings. The van der Waals surface area contributed by atoms with Gasteiger partial charge in [-0.25, -0.2) is 0 Å². The molecule has 128 valence electrons. The van der Waals surface area contributed by atoms with Crippen LogP contribution in [0.25, 0.3) is 0 Å². The Kier molecular flexibility index (Phi) is 6.28. The lowest BCUT2D eigenvalue weighted by atomic mass is 9.94. The number of benzene rings is 1. The van der Waals surface area contributed by atoms with Gasteiger partial charge < -0.3 is 20.1 Å². The number of nitrogens with zero attached hydrogens (tertiary/aromatic N) is 1. The van der Waals surface area contributed by atoms with E-state index in [1.165, 1.54) is 5.56 Å². The number of nitrogens with two attached hydrogens (primary N) is 1. The number of carbonyl (C=O) groups excluding carboxylic acids is 1. The van der Waals surface area contributed by atoms with Crippen LogP contribution in [-0.2, 0) is 16.0 Å². The lowest BCUT2D eigenvalue weighted by molar-refractivity contribution is -0.149. The van der Waals surface area contributed by atoms with Gasteiger partial charge in [0.1, 0.15) is 5.75 Å². The van der Waals surface area contributed by atoms with Crippen LogP contribution in [0, 0.1) is 5.92 Å². The average Bonchev–Trinajstić information content (AvgIpc) is 2.55. The van der Waals surface area contributed by atoms with Gasteiger partial charge in [0, 0.05) is 6.04 Å². The highest BCUT2D eigenvalue weighted by atomic mass is 16.5. The molecule has 2 rings (SSSR count). The first-order chi connectivity index (χ1) is 11.0. The fourth-order valence-corrected chi connectivity index (χ4v) is 3.22. The van der Waals surface area contributed by atoms with E-state index < -0.39 is 0 Å². The second-order valence-electron chi connectivity index (χ2n) is 6.19. The Bertz CT molecular complexity index is 525. The van der Waals surface area contributed by atoms with Crippen LogP contribution in [0.5, 0.6) is 5.75 Å². The van der Waals surface area contributed by atoms with E-state index in [2.05, 4.69) is 17.9 Å². The number of likely N-dealkylation sites (tertiary alicyclic amines) is 1. The lowest BCUT2D eigenvalue weighted by Gasteiger charge is -2.35. The maximum absolute atomic E-state index is 11.8. The van der Waals surface area contributed by atoms with Crippen molar-refractivity contribution in [2.45, 2.75) is 39.2 Å². The smallest absolute Gasteiger partial charge is 0.309 e. The largest absolute Gasteiger partial charge is 0.495 e. The summed E-state index contributed by atoms with van der Waals surface area (Å²) in [6, 6.07) is 6.40. The molecule has 5 nitrogen and oxygen atoms in total. The molecular formula is C18H28N2O3. The molecule has 0 aliphatic carbocycles. The van der Waals surface area contributed by atoms with Gasteiger partial charge in [-0.15, -0.1) is 0 Å². The Morgan fingerprint density at radius 1 is 1.39 bits per heavy atom. The van der Waals surface area contributed by atoms with Gasteiger partial charge in [-0.1, -0.05) is 6.07 Å². The Morgan fingerprint density at radius 3 is 2.65 bits per heavy atom.